The van der Waals surface area contributed by atoms with Gasteiger partial charge in [-0.2, -0.15) is 0 Å². The topological polar surface area (TPSA) is 36.4 Å². The summed E-state index contributed by atoms with van der Waals surface area (Å²) >= 11 is 6.73. The van der Waals surface area contributed by atoms with Gasteiger partial charge in [-0.15, -0.1) is 0 Å². The van der Waals surface area contributed by atoms with E-state index >= 15 is 0 Å². The summed E-state index contributed by atoms with van der Waals surface area (Å²) in [6.45, 7) is 3.82. The smallest absolute Gasteiger partial charge is 0.151 e. The van der Waals surface area contributed by atoms with Crippen LogP contribution >= 0.6 is 24.0 Å². The molecule has 0 amide bonds. The van der Waals surface area contributed by atoms with Crippen molar-refractivity contribution in [2.24, 2.45) is 0 Å². The summed E-state index contributed by atoms with van der Waals surface area (Å²) in [6.07, 6.45) is 0.879. The first-order valence-corrected chi connectivity index (χ1v) is 6.59. The summed E-state index contributed by atoms with van der Waals surface area (Å²) in [7, 11) is 0. The Kier molecular flexibility index (Phi) is 3.19. The van der Waals surface area contributed by atoms with Crippen LogP contribution in [0.15, 0.2) is 18.2 Å². The molecular weight excluding hydrogens is 240 g/mol. The third-order valence-corrected chi connectivity index (χ3v) is 4.17. The summed E-state index contributed by atoms with van der Waals surface area (Å²) in [5.74, 6) is 1.32. The lowest BCUT2D eigenvalue weighted by Crippen LogP contribution is -2.45. The van der Waals surface area contributed by atoms with Gasteiger partial charge in [0.05, 0.1) is 0 Å². The van der Waals surface area contributed by atoms with Gasteiger partial charge in [0.15, 0.2) is 5.72 Å². The van der Waals surface area contributed by atoms with Crippen LogP contribution < -0.4 is 4.90 Å². The fourth-order valence-electron chi connectivity index (χ4n) is 1.65. The molecule has 3 nitrogen and oxygen atoms in total. The molecule has 1 aliphatic rings. The van der Waals surface area contributed by atoms with Gasteiger partial charge in [-0.25, -0.2) is 4.98 Å². The minimum absolute atomic E-state index is 0.587. The molecule has 0 bridgehead atoms. The molecule has 1 aliphatic heterocycles. The second-order valence-electron chi connectivity index (χ2n) is 3.95. The minimum Gasteiger partial charge on any atom is -0.370 e. The highest BCUT2D eigenvalue weighted by Crippen LogP contribution is 2.34. The number of thiocarbonyl (C=S) groups is 1. The van der Waals surface area contributed by atoms with Gasteiger partial charge >= 0.3 is 0 Å². The largest absolute Gasteiger partial charge is 0.370 e. The van der Waals surface area contributed by atoms with Crippen LogP contribution in [0, 0.1) is 0 Å². The third kappa shape index (κ3) is 2.07. The fraction of sp³-hybridized carbons (Fsp3) is 0.455. The first-order chi connectivity index (χ1) is 7.54. The van der Waals surface area contributed by atoms with Crippen LogP contribution in [0.5, 0.6) is 0 Å². The SMILES string of the molecule is CCc1cccc(N2C(=S)SCC2(C)O)n1. The first-order valence-electron chi connectivity index (χ1n) is 5.20. The number of anilines is 1. The first kappa shape index (κ1) is 11.8. The summed E-state index contributed by atoms with van der Waals surface area (Å²) < 4.78 is 0.686. The Morgan fingerprint density at radius 2 is 2.38 bits per heavy atom. The van der Waals surface area contributed by atoms with Gasteiger partial charge in [0, 0.05) is 11.4 Å². The maximum atomic E-state index is 10.2. The van der Waals surface area contributed by atoms with Crippen LogP contribution in [0.4, 0.5) is 5.82 Å². The lowest BCUT2D eigenvalue weighted by molar-refractivity contribution is 0.0993. The summed E-state index contributed by atoms with van der Waals surface area (Å²) in [5, 5.41) is 10.2. The Morgan fingerprint density at radius 3 is 2.94 bits per heavy atom. The summed E-state index contributed by atoms with van der Waals surface area (Å²) in [4.78, 5) is 6.21. The van der Waals surface area contributed by atoms with E-state index in [0.29, 0.717) is 10.1 Å². The van der Waals surface area contributed by atoms with Crippen molar-refractivity contribution in [3.63, 3.8) is 0 Å². The number of hydrogen-bond donors (Lipinski definition) is 1. The van der Waals surface area contributed by atoms with Gasteiger partial charge in [-0.3, -0.25) is 4.90 Å². The van der Waals surface area contributed by atoms with Gasteiger partial charge in [0.25, 0.3) is 0 Å². The Labute approximate surface area is 105 Å². The van der Waals surface area contributed by atoms with Crippen LogP contribution in [-0.2, 0) is 6.42 Å². The van der Waals surface area contributed by atoms with Gasteiger partial charge in [0.1, 0.15) is 10.1 Å². The molecule has 2 rings (SSSR count). The zero-order chi connectivity index (χ0) is 11.8. The number of hydrogen-bond acceptors (Lipinski definition) is 4. The van der Waals surface area contributed by atoms with Crippen molar-refractivity contribution < 1.29 is 5.11 Å². The Morgan fingerprint density at radius 1 is 1.62 bits per heavy atom. The molecule has 2 heterocycles. The zero-order valence-corrected chi connectivity index (χ0v) is 10.9. The maximum absolute atomic E-state index is 10.2. The van der Waals surface area contributed by atoms with Crippen LogP contribution in [-0.4, -0.2) is 25.9 Å². The number of thioether (sulfide) groups is 1. The molecule has 0 saturated carbocycles. The Balaban J connectivity index is 2.39. The molecule has 5 heteroatoms. The van der Waals surface area contributed by atoms with E-state index in [1.807, 2.05) is 18.2 Å². The second kappa shape index (κ2) is 4.31. The van der Waals surface area contributed by atoms with Crippen LogP contribution in [0.25, 0.3) is 0 Å². The van der Waals surface area contributed by atoms with Crippen LogP contribution in [0.3, 0.4) is 0 Å². The highest BCUT2D eigenvalue weighted by molar-refractivity contribution is 8.23. The third-order valence-electron chi connectivity index (χ3n) is 2.52. The standard InChI is InChI=1S/C11H14N2OS2/c1-3-8-5-4-6-9(12-8)13-10(15)16-7-11(13,2)14/h4-6,14H,3,7H2,1-2H3. The molecule has 1 saturated heterocycles. The summed E-state index contributed by atoms with van der Waals surface area (Å²) in [6, 6.07) is 5.80. The lowest BCUT2D eigenvalue weighted by atomic mass is 10.2. The monoisotopic (exact) mass is 254 g/mol. The zero-order valence-electron chi connectivity index (χ0n) is 9.30. The predicted octanol–water partition coefficient (Wildman–Crippen LogP) is 2.19. The van der Waals surface area contributed by atoms with Crippen molar-refractivity contribution >= 4 is 34.1 Å². The summed E-state index contributed by atoms with van der Waals surface area (Å²) in [5.41, 5.74) is 0.0780. The second-order valence-corrected chi connectivity index (χ2v) is 5.56. The molecule has 86 valence electrons. The van der Waals surface area contributed by atoms with E-state index in [0.717, 1.165) is 17.9 Å². The van der Waals surface area contributed by atoms with Gasteiger partial charge in [0.2, 0.25) is 0 Å². The van der Waals surface area contributed by atoms with E-state index in [-0.39, 0.29) is 0 Å². The van der Waals surface area contributed by atoms with Gasteiger partial charge < -0.3 is 5.11 Å². The van der Waals surface area contributed by atoms with Gasteiger partial charge in [-0.1, -0.05) is 37.0 Å². The van der Waals surface area contributed by atoms with Crippen molar-refractivity contribution in [3.8, 4) is 0 Å². The number of pyridine rings is 1. The van der Waals surface area contributed by atoms with Crippen LogP contribution in [0.2, 0.25) is 0 Å². The van der Waals surface area contributed by atoms with E-state index in [1.165, 1.54) is 11.8 Å². The number of rotatable bonds is 2. The minimum atomic E-state index is -0.929. The van der Waals surface area contributed by atoms with E-state index in [4.69, 9.17) is 12.2 Å². The van der Waals surface area contributed by atoms with E-state index in [2.05, 4.69) is 11.9 Å². The van der Waals surface area contributed by atoms with Crippen molar-refractivity contribution in [1.29, 1.82) is 0 Å². The molecule has 1 atom stereocenters. The van der Waals surface area contributed by atoms with E-state index < -0.39 is 5.72 Å². The molecule has 1 aromatic rings. The quantitative estimate of drug-likeness (QED) is 0.819. The van der Waals surface area contributed by atoms with Crippen molar-refractivity contribution in [2.75, 3.05) is 10.7 Å². The number of aliphatic hydroxyl groups is 1. The van der Waals surface area contributed by atoms with E-state index in [1.54, 1.807) is 11.8 Å². The van der Waals surface area contributed by atoms with Crippen molar-refractivity contribution in [2.45, 2.75) is 26.0 Å². The van der Waals surface area contributed by atoms with Crippen molar-refractivity contribution in [3.05, 3.63) is 23.9 Å². The molecule has 1 unspecified atom stereocenters. The normalized spacial score (nSPS) is 25.2. The molecule has 0 aliphatic carbocycles. The average Bonchev–Trinajstić information content (AvgIpc) is 2.53. The molecular formula is C11H14N2OS2. The molecule has 1 fully saturated rings. The molecule has 0 aromatic carbocycles. The molecule has 1 aromatic heterocycles. The predicted molar refractivity (Wildman–Crippen MR) is 71.8 cm³/mol. The maximum Gasteiger partial charge on any atom is 0.151 e. The fourth-order valence-corrected chi connectivity index (χ4v) is 3.07. The highest BCUT2D eigenvalue weighted by atomic mass is 32.2. The number of aromatic nitrogens is 1. The van der Waals surface area contributed by atoms with Gasteiger partial charge in [-0.05, 0) is 25.5 Å². The van der Waals surface area contributed by atoms with Crippen molar-refractivity contribution in [1.82, 2.24) is 4.98 Å². The molecule has 0 radical (unpaired) electrons. The highest BCUT2D eigenvalue weighted by Gasteiger charge is 2.39. The molecule has 0 spiro atoms. The average molecular weight is 254 g/mol. The number of nitrogens with zero attached hydrogens (tertiary/aromatic N) is 2. The lowest BCUT2D eigenvalue weighted by Gasteiger charge is -2.29. The Hall–Kier alpha value is -0.650. The Bertz CT molecular complexity index is 420. The van der Waals surface area contributed by atoms with E-state index in [9.17, 15) is 5.11 Å². The number of aryl methyl sites for hydroxylation is 1. The molecule has 16 heavy (non-hydrogen) atoms. The molecule has 1 N–H and O–H groups in total. The van der Waals surface area contributed by atoms with Crippen LogP contribution in [0.1, 0.15) is 19.5 Å².